The van der Waals surface area contributed by atoms with E-state index in [0.717, 1.165) is 31.7 Å². The molecule has 36 heavy (non-hydrogen) atoms. The van der Waals surface area contributed by atoms with Gasteiger partial charge in [-0.3, -0.25) is 4.90 Å². The molecule has 188 valence electrons. The highest BCUT2D eigenvalue weighted by molar-refractivity contribution is 5.92. The average Bonchev–Trinajstić information content (AvgIpc) is 3.48. The number of fused-ring (bicyclic) bond motifs is 1. The second-order valence-electron chi connectivity index (χ2n) is 8.83. The van der Waals surface area contributed by atoms with Gasteiger partial charge in [-0.2, -0.15) is 13.2 Å². The number of carbonyl (C=O) groups is 1. The molecule has 0 spiro atoms. The van der Waals surface area contributed by atoms with E-state index in [2.05, 4.69) is 26.6 Å². The Hall–Kier alpha value is -3.63. The molecule has 0 aliphatic carbocycles. The van der Waals surface area contributed by atoms with Crippen molar-refractivity contribution in [3.63, 3.8) is 0 Å². The second-order valence-corrected chi connectivity index (χ2v) is 8.83. The molecule has 1 saturated heterocycles. The number of nitrogens with zero attached hydrogens (tertiary/aromatic N) is 2. The van der Waals surface area contributed by atoms with Crippen LogP contribution in [0.2, 0.25) is 0 Å². The standard InChI is InChI=1S/C26H23F4N3O3/c1-32-8-10-33(11-9-32)24(16-2-5-19(27)6-3-16)22-13-18(15-35-22)17-4-7-21-20(12-17)23(14-31-21)36-25(34)26(28,29)30/h2-7,12-15,24,31H,8-11H2,1H3/t24-/m0/s1. The van der Waals surface area contributed by atoms with Crippen LogP contribution in [-0.2, 0) is 4.79 Å². The molecular weight excluding hydrogens is 478 g/mol. The molecule has 0 radical (unpaired) electrons. The third-order valence-corrected chi connectivity index (χ3v) is 6.39. The van der Waals surface area contributed by atoms with Crippen LogP contribution in [0.1, 0.15) is 17.4 Å². The summed E-state index contributed by atoms with van der Waals surface area (Å²) in [6.45, 7) is 3.37. The number of esters is 1. The van der Waals surface area contributed by atoms with Crippen molar-refractivity contribution in [2.45, 2.75) is 12.2 Å². The van der Waals surface area contributed by atoms with Gasteiger partial charge in [-0.05, 0) is 48.5 Å². The summed E-state index contributed by atoms with van der Waals surface area (Å²) < 4.78 is 62.2. The van der Waals surface area contributed by atoms with Crippen LogP contribution in [0.5, 0.6) is 5.75 Å². The number of rotatable bonds is 5. The number of carbonyl (C=O) groups excluding carboxylic acids is 1. The van der Waals surface area contributed by atoms with E-state index < -0.39 is 12.1 Å². The molecule has 0 bridgehead atoms. The third-order valence-electron chi connectivity index (χ3n) is 6.39. The first-order chi connectivity index (χ1) is 17.2. The number of likely N-dealkylation sites (N-methyl/N-ethyl adjacent to an activating group) is 1. The van der Waals surface area contributed by atoms with Crippen molar-refractivity contribution in [2.75, 3.05) is 33.2 Å². The Morgan fingerprint density at radius 2 is 1.75 bits per heavy atom. The van der Waals surface area contributed by atoms with E-state index in [1.54, 1.807) is 36.6 Å². The van der Waals surface area contributed by atoms with Gasteiger partial charge in [0.15, 0.2) is 5.75 Å². The molecule has 0 amide bonds. The van der Waals surface area contributed by atoms with Crippen LogP contribution in [0.15, 0.2) is 65.4 Å². The number of hydrogen-bond donors (Lipinski definition) is 1. The number of aromatic amines is 1. The van der Waals surface area contributed by atoms with Crippen molar-refractivity contribution >= 4 is 16.9 Å². The molecule has 3 heterocycles. The summed E-state index contributed by atoms with van der Waals surface area (Å²) in [6.07, 6.45) is -2.30. The monoisotopic (exact) mass is 501 g/mol. The van der Waals surface area contributed by atoms with Gasteiger partial charge in [0.25, 0.3) is 0 Å². The number of aromatic nitrogens is 1. The van der Waals surface area contributed by atoms with Crippen molar-refractivity contribution in [1.29, 1.82) is 0 Å². The Balaban J connectivity index is 1.47. The maximum absolute atomic E-state index is 13.6. The molecular formula is C26H23F4N3O3. The van der Waals surface area contributed by atoms with Crippen LogP contribution in [0.3, 0.4) is 0 Å². The summed E-state index contributed by atoms with van der Waals surface area (Å²) in [6, 6.07) is 13.1. The van der Waals surface area contributed by atoms with Crippen molar-refractivity contribution in [2.24, 2.45) is 0 Å². The number of furan rings is 1. The molecule has 2 aromatic heterocycles. The molecule has 4 aromatic rings. The zero-order chi connectivity index (χ0) is 25.4. The topological polar surface area (TPSA) is 61.7 Å². The molecule has 5 rings (SSSR count). The fourth-order valence-electron chi connectivity index (χ4n) is 4.44. The molecule has 1 N–H and O–H groups in total. The Labute approximate surface area is 204 Å². The number of H-pyrrole nitrogens is 1. The van der Waals surface area contributed by atoms with Crippen LogP contribution in [0, 0.1) is 5.82 Å². The van der Waals surface area contributed by atoms with Crippen molar-refractivity contribution in [3.8, 4) is 16.9 Å². The lowest BCUT2D eigenvalue weighted by Crippen LogP contribution is -2.46. The summed E-state index contributed by atoms with van der Waals surface area (Å²) in [5.41, 5.74) is 2.80. The highest BCUT2D eigenvalue weighted by Gasteiger charge is 2.41. The highest BCUT2D eigenvalue weighted by atomic mass is 19.4. The Bertz CT molecular complexity index is 1370. The number of benzene rings is 2. The van der Waals surface area contributed by atoms with Gasteiger partial charge in [0.05, 0.1) is 12.3 Å². The van der Waals surface area contributed by atoms with Gasteiger partial charge in [0, 0.05) is 48.8 Å². The van der Waals surface area contributed by atoms with Gasteiger partial charge in [0.1, 0.15) is 11.6 Å². The first kappa shape index (κ1) is 24.1. The zero-order valence-corrected chi connectivity index (χ0v) is 19.3. The van der Waals surface area contributed by atoms with Crippen LogP contribution in [0.4, 0.5) is 17.6 Å². The van der Waals surface area contributed by atoms with E-state index in [1.165, 1.54) is 18.3 Å². The number of alkyl halides is 3. The molecule has 2 aromatic carbocycles. The second kappa shape index (κ2) is 9.44. The molecule has 6 nitrogen and oxygen atoms in total. The summed E-state index contributed by atoms with van der Waals surface area (Å²) in [5, 5.41) is 0.335. The number of halogens is 4. The fraction of sp³-hybridized carbons (Fsp3) is 0.269. The Morgan fingerprint density at radius 1 is 1.03 bits per heavy atom. The van der Waals surface area contributed by atoms with Gasteiger partial charge in [-0.25, -0.2) is 9.18 Å². The van der Waals surface area contributed by atoms with E-state index in [4.69, 9.17) is 4.42 Å². The summed E-state index contributed by atoms with van der Waals surface area (Å²) >= 11 is 0. The molecule has 1 atom stereocenters. The number of ether oxygens (including phenoxy) is 1. The highest BCUT2D eigenvalue weighted by Crippen LogP contribution is 2.36. The van der Waals surface area contributed by atoms with Crippen LogP contribution >= 0.6 is 0 Å². The van der Waals surface area contributed by atoms with Gasteiger partial charge < -0.3 is 19.0 Å². The normalized spacial score (nSPS) is 16.4. The molecule has 1 aliphatic heterocycles. The number of piperazine rings is 1. The lowest BCUT2D eigenvalue weighted by Gasteiger charge is -2.37. The van der Waals surface area contributed by atoms with Crippen molar-refractivity contribution in [1.82, 2.24) is 14.8 Å². The van der Waals surface area contributed by atoms with E-state index >= 15 is 0 Å². The van der Waals surface area contributed by atoms with Gasteiger partial charge >= 0.3 is 12.1 Å². The average molecular weight is 501 g/mol. The molecule has 10 heteroatoms. The van der Waals surface area contributed by atoms with Crippen LogP contribution in [-0.4, -0.2) is 60.2 Å². The lowest BCUT2D eigenvalue weighted by atomic mass is 10.00. The fourth-order valence-corrected chi connectivity index (χ4v) is 4.44. The molecule has 1 aliphatic rings. The van der Waals surface area contributed by atoms with Gasteiger partial charge in [0.2, 0.25) is 0 Å². The van der Waals surface area contributed by atoms with Gasteiger partial charge in [-0.15, -0.1) is 0 Å². The predicted molar refractivity (Wildman–Crippen MR) is 125 cm³/mol. The van der Waals surface area contributed by atoms with E-state index in [0.29, 0.717) is 27.8 Å². The zero-order valence-electron chi connectivity index (χ0n) is 19.3. The quantitative estimate of drug-likeness (QED) is 0.294. The maximum Gasteiger partial charge on any atom is 0.491 e. The van der Waals surface area contributed by atoms with Crippen molar-refractivity contribution in [3.05, 3.63) is 78.1 Å². The summed E-state index contributed by atoms with van der Waals surface area (Å²) in [4.78, 5) is 18.7. The Morgan fingerprint density at radius 3 is 2.44 bits per heavy atom. The largest absolute Gasteiger partial charge is 0.491 e. The van der Waals surface area contributed by atoms with E-state index in [-0.39, 0.29) is 17.6 Å². The van der Waals surface area contributed by atoms with Gasteiger partial charge in [-0.1, -0.05) is 18.2 Å². The molecule has 0 saturated carbocycles. The minimum Gasteiger partial charge on any atom is -0.467 e. The molecule has 0 unspecified atom stereocenters. The minimum absolute atomic E-state index is 0.209. The maximum atomic E-state index is 13.6. The SMILES string of the molecule is CN1CCN([C@@H](c2ccc(F)cc2)c2cc(-c3ccc4[nH]cc(OC(=O)C(F)(F)F)c4c3)co2)CC1. The number of nitrogens with one attached hydrogen (secondary N) is 1. The predicted octanol–water partition coefficient (Wildman–Crippen LogP) is 5.37. The summed E-state index contributed by atoms with van der Waals surface area (Å²) in [7, 11) is 2.06. The van der Waals surface area contributed by atoms with E-state index in [9.17, 15) is 22.4 Å². The smallest absolute Gasteiger partial charge is 0.467 e. The summed E-state index contributed by atoms with van der Waals surface area (Å²) in [5.74, 6) is -2.15. The minimum atomic E-state index is -5.10. The lowest BCUT2D eigenvalue weighted by molar-refractivity contribution is -0.189. The third kappa shape index (κ3) is 4.87. The van der Waals surface area contributed by atoms with E-state index in [1.807, 2.05) is 6.07 Å². The first-order valence-corrected chi connectivity index (χ1v) is 11.4. The number of hydrogen-bond acceptors (Lipinski definition) is 5. The van der Waals surface area contributed by atoms with Crippen LogP contribution in [0.25, 0.3) is 22.0 Å². The van der Waals surface area contributed by atoms with Crippen molar-refractivity contribution < 1.29 is 31.5 Å². The van der Waals surface area contributed by atoms with Crippen LogP contribution < -0.4 is 4.74 Å². The Kier molecular flexibility index (Phi) is 6.31. The first-order valence-electron chi connectivity index (χ1n) is 11.4. The molecule has 1 fully saturated rings.